The average molecular weight is 370 g/mol. The smallest absolute Gasteiger partial charge is 0.255 e. The van der Waals surface area contributed by atoms with Gasteiger partial charge in [0.1, 0.15) is 0 Å². The van der Waals surface area contributed by atoms with Crippen LogP contribution in [0.25, 0.3) is 0 Å². The third-order valence-electron chi connectivity index (χ3n) is 3.99. The van der Waals surface area contributed by atoms with Crippen molar-refractivity contribution in [3.8, 4) is 0 Å². The van der Waals surface area contributed by atoms with Crippen LogP contribution in [0.2, 0.25) is 10.0 Å². The van der Waals surface area contributed by atoms with Crippen molar-refractivity contribution in [1.29, 1.82) is 0 Å². The number of halogens is 2. The summed E-state index contributed by atoms with van der Waals surface area (Å²) >= 11 is 12.2. The van der Waals surface area contributed by atoms with Crippen LogP contribution in [0.5, 0.6) is 0 Å². The number of hydrogen-bond acceptors (Lipinski definition) is 1. The number of carbonyl (C=O) groups is 1. The molecule has 0 aromatic heterocycles. The fourth-order valence-electron chi connectivity index (χ4n) is 2.67. The quantitative estimate of drug-likeness (QED) is 0.584. The van der Waals surface area contributed by atoms with Crippen molar-refractivity contribution in [2.75, 3.05) is 5.32 Å². The summed E-state index contributed by atoms with van der Waals surface area (Å²) in [6.45, 7) is 0. The Morgan fingerprint density at radius 2 is 1.52 bits per heavy atom. The summed E-state index contributed by atoms with van der Waals surface area (Å²) in [6, 6.07) is 23.0. The zero-order valence-corrected chi connectivity index (χ0v) is 15.0. The minimum absolute atomic E-state index is 0.187. The van der Waals surface area contributed by atoms with Gasteiger partial charge in [-0.3, -0.25) is 4.79 Å². The first kappa shape index (κ1) is 17.5. The van der Waals surface area contributed by atoms with Crippen LogP contribution in [0.4, 0.5) is 5.69 Å². The van der Waals surface area contributed by atoms with Crippen molar-refractivity contribution in [3.05, 3.63) is 99.5 Å². The lowest BCUT2D eigenvalue weighted by molar-refractivity contribution is 0.102. The molecule has 1 amide bonds. The van der Waals surface area contributed by atoms with Gasteiger partial charge in [-0.25, -0.2) is 0 Å². The average Bonchev–Trinajstić information content (AvgIpc) is 2.65. The first-order valence-electron chi connectivity index (χ1n) is 8.02. The lowest BCUT2D eigenvalue weighted by atomic mass is 9.99. The minimum Gasteiger partial charge on any atom is -0.321 e. The van der Waals surface area contributed by atoms with Crippen molar-refractivity contribution < 1.29 is 4.79 Å². The van der Waals surface area contributed by atoms with Gasteiger partial charge in [-0.15, -0.1) is 0 Å². The maximum atomic E-state index is 12.7. The monoisotopic (exact) mass is 369 g/mol. The van der Waals surface area contributed by atoms with Gasteiger partial charge in [-0.2, -0.15) is 0 Å². The molecule has 0 saturated heterocycles. The maximum Gasteiger partial charge on any atom is 0.255 e. The number of hydrogen-bond donors (Lipinski definition) is 1. The Bertz CT molecular complexity index is 878. The lowest BCUT2D eigenvalue weighted by Gasteiger charge is -2.12. The van der Waals surface area contributed by atoms with Gasteiger partial charge < -0.3 is 5.32 Å². The van der Waals surface area contributed by atoms with Crippen LogP contribution in [-0.2, 0) is 12.8 Å². The van der Waals surface area contributed by atoms with E-state index in [4.69, 9.17) is 23.2 Å². The number of aryl methyl sites for hydroxylation is 2. The Morgan fingerprint density at radius 1 is 0.800 bits per heavy atom. The number of amides is 1. The standard InChI is InChI=1S/C21H17Cl2NO/c22-18-11-6-12-19(20(18)23)24-21(25)17-10-5-4-9-16(17)14-13-15-7-2-1-3-8-15/h1-12H,13-14H2,(H,24,25). The molecule has 0 aliphatic rings. The number of nitrogens with one attached hydrogen (secondary N) is 1. The molecule has 3 aromatic carbocycles. The van der Waals surface area contributed by atoms with Crippen LogP contribution in [0, 0.1) is 0 Å². The topological polar surface area (TPSA) is 29.1 Å². The molecule has 25 heavy (non-hydrogen) atoms. The second kappa shape index (κ2) is 8.19. The number of rotatable bonds is 5. The molecule has 3 aromatic rings. The summed E-state index contributed by atoms with van der Waals surface area (Å²) < 4.78 is 0. The molecule has 3 rings (SSSR count). The van der Waals surface area contributed by atoms with Gasteiger partial charge >= 0.3 is 0 Å². The molecule has 2 nitrogen and oxygen atoms in total. The van der Waals surface area contributed by atoms with E-state index in [0.29, 0.717) is 21.3 Å². The molecule has 1 N–H and O–H groups in total. The molecule has 0 aliphatic carbocycles. The van der Waals surface area contributed by atoms with E-state index in [1.807, 2.05) is 42.5 Å². The molecule has 126 valence electrons. The first-order chi connectivity index (χ1) is 12.1. The predicted octanol–water partition coefficient (Wildman–Crippen LogP) is 6.03. The normalized spacial score (nSPS) is 10.5. The number of carbonyl (C=O) groups excluding carboxylic acids is 1. The van der Waals surface area contributed by atoms with E-state index in [2.05, 4.69) is 17.4 Å². The number of anilines is 1. The maximum absolute atomic E-state index is 12.7. The zero-order chi connectivity index (χ0) is 17.6. The fraction of sp³-hybridized carbons (Fsp3) is 0.0952. The van der Waals surface area contributed by atoms with Gasteiger partial charge in [0, 0.05) is 5.56 Å². The minimum atomic E-state index is -0.187. The Kier molecular flexibility index (Phi) is 5.75. The van der Waals surface area contributed by atoms with Gasteiger partial charge in [0.05, 0.1) is 15.7 Å². The van der Waals surface area contributed by atoms with Gasteiger partial charge in [-0.1, -0.05) is 77.8 Å². The van der Waals surface area contributed by atoms with Crippen molar-refractivity contribution >= 4 is 34.8 Å². The third-order valence-corrected chi connectivity index (χ3v) is 4.81. The summed E-state index contributed by atoms with van der Waals surface area (Å²) in [5, 5.41) is 3.61. The molecular weight excluding hydrogens is 353 g/mol. The van der Waals surface area contributed by atoms with Crippen molar-refractivity contribution in [3.63, 3.8) is 0 Å². The van der Waals surface area contributed by atoms with Crippen LogP contribution in [0.3, 0.4) is 0 Å². The lowest BCUT2D eigenvalue weighted by Crippen LogP contribution is -2.15. The molecule has 4 heteroatoms. The van der Waals surface area contributed by atoms with Crippen LogP contribution in [-0.4, -0.2) is 5.91 Å². The first-order valence-corrected chi connectivity index (χ1v) is 8.78. The molecule has 0 atom stereocenters. The highest BCUT2D eigenvalue weighted by molar-refractivity contribution is 6.44. The molecule has 0 unspecified atom stereocenters. The Labute approximate surface area is 157 Å². The molecule has 0 bridgehead atoms. The Balaban J connectivity index is 1.78. The third kappa shape index (κ3) is 4.41. The fourth-order valence-corrected chi connectivity index (χ4v) is 3.02. The van der Waals surface area contributed by atoms with E-state index < -0.39 is 0 Å². The summed E-state index contributed by atoms with van der Waals surface area (Å²) in [5.41, 5.74) is 3.41. The molecular formula is C21H17Cl2NO. The predicted molar refractivity (Wildman–Crippen MR) is 105 cm³/mol. The molecule has 0 fully saturated rings. The van der Waals surface area contributed by atoms with E-state index in [-0.39, 0.29) is 5.91 Å². The molecule has 0 aliphatic heterocycles. The number of benzene rings is 3. The van der Waals surface area contributed by atoms with E-state index in [1.165, 1.54) is 5.56 Å². The summed E-state index contributed by atoms with van der Waals surface area (Å²) in [7, 11) is 0. The van der Waals surface area contributed by atoms with Gasteiger partial charge in [-0.05, 0) is 42.2 Å². The van der Waals surface area contributed by atoms with Crippen molar-refractivity contribution in [2.24, 2.45) is 0 Å². The van der Waals surface area contributed by atoms with Crippen LogP contribution >= 0.6 is 23.2 Å². The van der Waals surface area contributed by atoms with E-state index >= 15 is 0 Å². The largest absolute Gasteiger partial charge is 0.321 e. The van der Waals surface area contributed by atoms with Gasteiger partial charge in [0.25, 0.3) is 5.91 Å². The molecule has 0 heterocycles. The van der Waals surface area contributed by atoms with Gasteiger partial charge in [0.15, 0.2) is 0 Å². The molecule has 0 radical (unpaired) electrons. The van der Waals surface area contributed by atoms with Gasteiger partial charge in [0.2, 0.25) is 0 Å². The van der Waals surface area contributed by atoms with Crippen molar-refractivity contribution in [2.45, 2.75) is 12.8 Å². The second-order valence-electron chi connectivity index (χ2n) is 5.70. The van der Waals surface area contributed by atoms with E-state index in [0.717, 1.165) is 18.4 Å². The Morgan fingerprint density at radius 3 is 2.32 bits per heavy atom. The van der Waals surface area contributed by atoms with Crippen molar-refractivity contribution in [1.82, 2.24) is 0 Å². The molecule has 0 spiro atoms. The SMILES string of the molecule is O=C(Nc1cccc(Cl)c1Cl)c1ccccc1CCc1ccccc1. The van der Waals surface area contributed by atoms with Crippen LogP contribution in [0.15, 0.2) is 72.8 Å². The zero-order valence-electron chi connectivity index (χ0n) is 13.5. The highest BCUT2D eigenvalue weighted by atomic mass is 35.5. The van der Waals surface area contributed by atoms with Crippen LogP contribution in [0.1, 0.15) is 21.5 Å². The highest BCUT2D eigenvalue weighted by Crippen LogP contribution is 2.30. The summed E-state index contributed by atoms with van der Waals surface area (Å²) in [4.78, 5) is 12.7. The van der Waals surface area contributed by atoms with Crippen LogP contribution < -0.4 is 5.32 Å². The highest BCUT2D eigenvalue weighted by Gasteiger charge is 2.13. The molecule has 0 saturated carbocycles. The second-order valence-corrected chi connectivity index (χ2v) is 6.48. The Hall–Kier alpha value is -2.29. The summed E-state index contributed by atoms with van der Waals surface area (Å²) in [5.74, 6) is -0.187. The van der Waals surface area contributed by atoms with E-state index in [9.17, 15) is 4.79 Å². The van der Waals surface area contributed by atoms with E-state index in [1.54, 1.807) is 18.2 Å². The summed E-state index contributed by atoms with van der Waals surface area (Å²) in [6.07, 6.45) is 1.67.